The van der Waals surface area contributed by atoms with Crippen molar-refractivity contribution in [2.45, 2.75) is 51.5 Å². The summed E-state index contributed by atoms with van der Waals surface area (Å²) in [5, 5.41) is 13.5. The molecule has 0 radical (unpaired) electrons. The second-order valence-corrected chi connectivity index (χ2v) is 7.19. The number of aliphatic carboxylic acids is 1. The van der Waals surface area contributed by atoms with Crippen LogP contribution in [-0.2, 0) is 11.2 Å². The zero-order chi connectivity index (χ0) is 13.9. The number of hydrogen-bond acceptors (Lipinski definition) is 2. The maximum Gasteiger partial charge on any atom is 0.307 e. The van der Waals surface area contributed by atoms with Gasteiger partial charge < -0.3 is 5.11 Å². The lowest BCUT2D eigenvalue weighted by Gasteiger charge is -2.54. The molecule has 4 fully saturated rings. The molecular formula is C16H22N2O2. The molecule has 0 amide bonds. The summed E-state index contributed by atoms with van der Waals surface area (Å²) in [5.41, 5.74) is 1.95. The minimum absolute atomic E-state index is 0.0964. The topological polar surface area (TPSA) is 55.1 Å². The highest BCUT2D eigenvalue weighted by atomic mass is 16.4. The number of carbonyl (C=O) groups is 1. The van der Waals surface area contributed by atoms with Crippen molar-refractivity contribution < 1.29 is 9.90 Å². The number of carboxylic acid groups (broad SMARTS) is 1. The highest BCUT2D eigenvalue weighted by molar-refractivity contribution is 5.70. The summed E-state index contributed by atoms with van der Waals surface area (Å²) in [6, 6.07) is 0.533. The van der Waals surface area contributed by atoms with Gasteiger partial charge in [-0.15, -0.1) is 0 Å². The lowest BCUT2D eigenvalue weighted by molar-refractivity contribution is -0.136. The number of hydrogen-bond donors (Lipinski definition) is 1. The third-order valence-corrected chi connectivity index (χ3v) is 5.95. The van der Waals surface area contributed by atoms with Crippen LogP contribution in [0.25, 0.3) is 0 Å². The summed E-state index contributed by atoms with van der Waals surface area (Å²) in [6.45, 7) is 2.04. The zero-order valence-corrected chi connectivity index (χ0v) is 12.0. The van der Waals surface area contributed by atoms with Crippen LogP contribution in [0.4, 0.5) is 0 Å². The molecule has 1 aromatic heterocycles. The Balaban J connectivity index is 1.64. The van der Waals surface area contributed by atoms with Crippen molar-refractivity contribution in [3.63, 3.8) is 0 Å². The first-order valence-electron chi connectivity index (χ1n) is 7.86. The number of carboxylic acids is 1. The van der Waals surface area contributed by atoms with Crippen LogP contribution in [0.5, 0.6) is 0 Å². The number of aromatic nitrogens is 2. The average Bonchev–Trinajstić information content (AvgIpc) is 2.70. The van der Waals surface area contributed by atoms with E-state index in [2.05, 4.69) is 9.78 Å². The normalized spacial score (nSPS) is 38.4. The summed E-state index contributed by atoms with van der Waals surface area (Å²) in [4.78, 5) is 10.9. The Bertz CT molecular complexity index is 521. The van der Waals surface area contributed by atoms with Gasteiger partial charge in [-0.3, -0.25) is 9.48 Å². The minimum Gasteiger partial charge on any atom is -0.481 e. The first kappa shape index (κ1) is 12.4. The summed E-state index contributed by atoms with van der Waals surface area (Å²) in [7, 11) is 0. The van der Waals surface area contributed by atoms with Gasteiger partial charge in [0.2, 0.25) is 0 Å². The van der Waals surface area contributed by atoms with Crippen molar-refractivity contribution >= 4 is 5.97 Å². The second kappa shape index (κ2) is 4.34. The monoisotopic (exact) mass is 274 g/mol. The zero-order valence-electron chi connectivity index (χ0n) is 12.0. The van der Waals surface area contributed by atoms with Gasteiger partial charge in [-0.1, -0.05) is 0 Å². The summed E-state index contributed by atoms with van der Waals surface area (Å²) >= 11 is 0. The predicted octanol–water partition coefficient (Wildman–Crippen LogP) is 2.82. The van der Waals surface area contributed by atoms with E-state index in [-0.39, 0.29) is 6.42 Å². The third-order valence-electron chi connectivity index (χ3n) is 5.95. The number of rotatable bonds is 3. The molecule has 5 rings (SSSR count). The van der Waals surface area contributed by atoms with Crippen LogP contribution in [0.2, 0.25) is 0 Å². The van der Waals surface area contributed by atoms with E-state index in [0.29, 0.717) is 6.04 Å². The Morgan fingerprint density at radius 3 is 2.40 bits per heavy atom. The van der Waals surface area contributed by atoms with Gasteiger partial charge in [0.15, 0.2) is 0 Å². The van der Waals surface area contributed by atoms with Gasteiger partial charge in [0.25, 0.3) is 0 Å². The molecule has 0 saturated heterocycles. The van der Waals surface area contributed by atoms with Crippen molar-refractivity contribution in [1.82, 2.24) is 9.78 Å². The summed E-state index contributed by atoms with van der Waals surface area (Å²) in [5.74, 6) is 2.72. The Kier molecular flexibility index (Phi) is 2.69. The maximum absolute atomic E-state index is 10.9. The van der Waals surface area contributed by atoms with Crippen molar-refractivity contribution in [1.29, 1.82) is 0 Å². The molecule has 4 aliphatic rings. The quantitative estimate of drug-likeness (QED) is 0.922. The molecule has 1 aromatic rings. The summed E-state index contributed by atoms with van der Waals surface area (Å²) in [6.07, 6.45) is 8.79. The van der Waals surface area contributed by atoms with E-state index in [1.165, 1.54) is 32.1 Å². The fraction of sp³-hybridized carbons (Fsp3) is 0.750. The Morgan fingerprint density at radius 2 is 1.85 bits per heavy atom. The van der Waals surface area contributed by atoms with Gasteiger partial charge in [-0.2, -0.15) is 5.10 Å². The van der Waals surface area contributed by atoms with E-state index >= 15 is 0 Å². The molecule has 20 heavy (non-hydrogen) atoms. The molecule has 4 aliphatic carbocycles. The van der Waals surface area contributed by atoms with Gasteiger partial charge in [-0.05, 0) is 62.7 Å². The maximum atomic E-state index is 10.9. The van der Waals surface area contributed by atoms with Crippen molar-refractivity contribution in [3.05, 3.63) is 17.5 Å². The van der Waals surface area contributed by atoms with E-state index in [0.717, 1.165) is 34.9 Å². The van der Waals surface area contributed by atoms with E-state index in [4.69, 9.17) is 5.11 Å². The average molecular weight is 274 g/mol. The SMILES string of the molecule is Cc1c(CC(=O)O)cnn1C1C2CC3CC(C2)CC1C3. The molecule has 4 saturated carbocycles. The molecule has 4 bridgehead atoms. The Morgan fingerprint density at radius 1 is 1.25 bits per heavy atom. The van der Waals surface area contributed by atoms with Crippen LogP contribution in [0.15, 0.2) is 6.20 Å². The van der Waals surface area contributed by atoms with Crippen molar-refractivity contribution in [2.24, 2.45) is 23.7 Å². The van der Waals surface area contributed by atoms with E-state index < -0.39 is 5.97 Å². The molecule has 4 heteroatoms. The molecule has 0 spiro atoms. The largest absolute Gasteiger partial charge is 0.481 e. The Labute approximate surface area is 119 Å². The van der Waals surface area contributed by atoms with Crippen LogP contribution in [0, 0.1) is 30.6 Å². The molecule has 0 aliphatic heterocycles. The van der Waals surface area contributed by atoms with Crippen LogP contribution in [0.1, 0.15) is 49.4 Å². The lowest BCUT2D eigenvalue weighted by atomic mass is 9.54. The standard InChI is InChI=1S/C16H22N2O2/c1-9-14(7-15(19)20)8-17-18(9)16-12-3-10-2-11(5-12)6-13(16)4-10/h8,10-13,16H,2-7H2,1H3,(H,19,20). The van der Waals surface area contributed by atoms with Gasteiger partial charge in [0, 0.05) is 11.3 Å². The smallest absolute Gasteiger partial charge is 0.307 e. The highest BCUT2D eigenvalue weighted by Crippen LogP contribution is 2.58. The predicted molar refractivity (Wildman–Crippen MR) is 74.4 cm³/mol. The lowest BCUT2D eigenvalue weighted by Crippen LogP contribution is -2.46. The number of nitrogens with zero attached hydrogens (tertiary/aromatic N) is 2. The molecule has 108 valence electrons. The Hall–Kier alpha value is -1.32. The first-order valence-corrected chi connectivity index (χ1v) is 7.86. The van der Waals surface area contributed by atoms with E-state index in [1.807, 2.05) is 6.92 Å². The minimum atomic E-state index is -0.766. The van der Waals surface area contributed by atoms with Crippen LogP contribution >= 0.6 is 0 Å². The third kappa shape index (κ3) is 1.80. The fourth-order valence-corrected chi connectivity index (χ4v) is 5.39. The molecule has 4 nitrogen and oxygen atoms in total. The van der Waals surface area contributed by atoms with Crippen molar-refractivity contribution in [3.8, 4) is 0 Å². The van der Waals surface area contributed by atoms with Gasteiger partial charge in [0.05, 0.1) is 18.7 Å². The molecule has 1 heterocycles. The van der Waals surface area contributed by atoms with Gasteiger partial charge in [0.1, 0.15) is 0 Å². The molecule has 1 N–H and O–H groups in total. The first-order chi connectivity index (χ1) is 9.61. The fourth-order valence-electron chi connectivity index (χ4n) is 5.39. The van der Waals surface area contributed by atoms with Crippen LogP contribution in [0.3, 0.4) is 0 Å². The molecule has 0 aromatic carbocycles. The highest BCUT2D eigenvalue weighted by Gasteiger charge is 2.49. The molecule has 0 atom stereocenters. The molecular weight excluding hydrogens is 252 g/mol. The molecule has 0 unspecified atom stereocenters. The van der Waals surface area contributed by atoms with Gasteiger partial charge in [-0.25, -0.2) is 0 Å². The van der Waals surface area contributed by atoms with Crippen LogP contribution in [-0.4, -0.2) is 20.9 Å². The van der Waals surface area contributed by atoms with E-state index in [9.17, 15) is 4.79 Å². The van der Waals surface area contributed by atoms with E-state index in [1.54, 1.807) is 6.20 Å². The van der Waals surface area contributed by atoms with Crippen molar-refractivity contribution in [2.75, 3.05) is 0 Å². The second-order valence-electron chi connectivity index (χ2n) is 7.19. The van der Waals surface area contributed by atoms with Crippen LogP contribution < -0.4 is 0 Å². The van der Waals surface area contributed by atoms with Gasteiger partial charge >= 0.3 is 5.97 Å². The summed E-state index contributed by atoms with van der Waals surface area (Å²) < 4.78 is 2.17.